The van der Waals surface area contributed by atoms with Crippen molar-refractivity contribution in [1.82, 2.24) is 0 Å². The first-order chi connectivity index (χ1) is 9.49. The first-order valence-corrected chi connectivity index (χ1v) is 7.06. The lowest BCUT2D eigenvalue weighted by Gasteiger charge is -2.17. The number of hydrogen-bond acceptors (Lipinski definition) is 2. The van der Waals surface area contributed by atoms with Gasteiger partial charge < -0.3 is 10.5 Å². The van der Waals surface area contributed by atoms with Crippen molar-refractivity contribution < 1.29 is 4.74 Å². The van der Waals surface area contributed by atoms with Gasteiger partial charge in [0.2, 0.25) is 0 Å². The van der Waals surface area contributed by atoms with Crippen LogP contribution in [0, 0.1) is 13.8 Å². The normalized spacial score (nSPS) is 10.8. The molecule has 2 nitrogen and oxygen atoms in total. The Morgan fingerprint density at radius 3 is 2.40 bits per heavy atom. The molecule has 0 bridgehead atoms. The predicted molar refractivity (Wildman–Crippen MR) is 85.2 cm³/mol. The van der Waals surface area contributed by atoms with Crippen LogP contribution >= 0.6 is 0 Å². The summed E-state index contributed by atoms with van der Waals surface area (Å²) in [6.07, 6.45) is 0. The van der Waals surface area contributed by atoms with E-state index in [1.165, 1.54) is 16.7 Å². The third-order valence-electron chi connectivity index (χ3n) is 3.66. The van der Waals surface area contributed by atoms with Gasteiger partial charge in [-0.05, 0) is 54.2 Å². The van der Waals surface area contributed by atoms with E-state index in [1.807, 2.05) is 31.2 Å². The Balaban J connectivity index is 2.25. The van der Waals surface area contributed by atoms with Crippen molar-refractivity contribution in [2.75, 3.05) is 5.73 Å². The third kappa shape index (κ3) is 3.13. The standard InChI is InChI=1S/C18H23NO/c1-12(2)16-10-17(19)14(4)9-18(16)20-11-15-8-6-5-7-13(15)3/h5-10,12H,11,19H2,1-4H3. The molecule has 0 aliphatic heterocycles. The van der Waals surface area contributed by atoms with Crippen LogP contribution in [-0.2, 0) is 6.61 Å². The monoisotopic (exact) mass is 269 g/mol. The van der Waals surface area contributed by atoms with Crippen molar-refractivity contribution in [3.63, 3.8) is 0 Å². The van der Waals surface area contributed by atoms with E-state index in [0.717, 1.165) is 17.0 Å². The van der Waals surface area contributed by atoms with Gasteiger partial charge in [0.1, 0.15) is 12.4 Å². The van der Waals surface area contributed by atoms with Gasteiger partial charge in [0.05, 0.1) is 0 Å². The van der Waals surface area contributed by atoms with Crippen LogP contribution in [0.25, 0.3) is 0 Å². The first kappa shape index (κ1) is 14.4. The van der Waals surface area contributed by atoms with Crippen molar-refractivity contribution in [1.29, 1.82) is 0 Å². The van der Waals surface area contributed by atoms with Gasteiger partial charge in [0.15, 0.2) is 0 Å². The van der Waals surface area contributed by atoms with E-state index < -0.39 is 0 Å². The highest BCUT2D eigenvalue weighted by molar-refractivity contribution is 5.55. The van der Waals surface area contributed by atoms with Gasteiger partial charge in [0.25, 0.3) is 0 Å². The summed E-state index contributed by atoms with van der Waals surface area (Å²) in [5.41, 5.74) is 11.5. The molecule has 0 atom stereocenters. The predicted octanol–water partition coefficient (Wildman–Crippen LogP) is 4.59. The van der Waals surface area contributed by atoms with Gasteiger partial charge >= 0.3 is 0 Å². The Morgan fingerprint density at radius 1 is 1.05 bits per heavy atom. The summed E-state index contributed by atoms with van der Waals surface area (Å²) < 4.78 is 6.05. The third-order valence-corrected chi connectivity index (χ3v) is 3.66. The molecule has 2 rings (SSSR count). The second-order valence-electron chi connectivity index (χ2n) is 5.62. The lowest BCUT2D eigenvalue weighted by Crippen LogP contribution is -2.03. The van der Waals surface area contributed by atoms with Crippen LogP contribution in [0.3, 0.4) is 0 Å². The Hall–Kier alpha value is -1.96. The average Bonchev–Trinajstić information content (AvgIpc) is 2.41. The molecule has 2 N–H and O–H groups in total. The van der Waals surface area contributed by atoms with E-state index in [0.29, 0.717) is 12.5 Å². The maximum absolute atomic E-state index is 6.05. The van der Waals surface area contributed by atoms with Crippen molar-refractivity contribution in [2.45, 2.75) is 40.2 Å². The molecule has 2 aromatic carbocycles. The van der Waals surface area contributed by atoms with Gasteiger partial charge in [-0.15, -0.1) is 0 Å². The molecule has 2 heteroatoms. The maximum atomic E-state index is 6.05. The van der Waals surface area contributed by atoms with E-state index in [1.54, 1.807) is 0 Å². The molecule has 2 aromatic rings. The quantitative estimate of drug-likeness (QED) is 0.824. The van der Waals surface area contributed by atoms with Crippen molar-refractivity contribution in [2.24, 2.45) is 0 Å². The van der Waals surface area contributed by atoms with E-state index in [-0.39, 0.29) is 0 Å². The number of aryl methyl sites for hydroxylation is 2. The largest absolute Gasteiger partial charge is 0.489 e. The van der Waals surface area contributed by atoms with E-state index in [2.05, 4.69) is 32.9 Å². The van der Waals surface area contributed by atoms with Gasteiger partial charge in [-0.25, -0.2) is 0 Å². The Bertz CT molecular complexity index is 602. The Morgan fingerprint density at radius 2 is 1.75 bits per heavy atom. The molecule has 0 aromatic heterocycles. The van der Waals surface area contributed by atoms with Crippen LogP contribution in [0.2, 0.25) is 0 Å². The van der Waals surface area contributed by atoms with Gasteiger partial charge in [0, 0.05) is 5.69 Å². The van der Waals surface area contributed by atoms with Gasteiger partial charge in [-0.3, -0.25) is 0 Å². The molecule has 0 saturated heterocycles. The number of nitrogen functional groups attached to an aromatic ring is 1. The number of nitrogens with two attached hydrogens (primary N) is 1. The molecular weight excluding hydrogens is 246 g/mol. The zero-order valence-corrected chi connectivity index (χ0v) is 12.7. The lowest BCUT2D eigenvalue weighted by atomic mass is 9.99. The second kappa shape index (κ2) is 6.00. The molecule has 0 heterocycles. The minimum Gasteiger partial charge on any atom is -0.489 e. The minimum atomic E-state index is 0.393. The van der Waals surface area contributed by atoms with Crippen LogP contribution in [0.4, 0.5) is 5.69 Å². The molecule has 20 heavy (non-hydrogen) atoms. The van der Waals surface area contributed by atoms with Crippen LogP contribution < -0.4 is 10.5 Å². The molecule has 0 amide bonds. The molecule has 0 radical (unpaired) electrons. The smallest absolute Gasteiger partial charge is 0.123 e. The van der Waals surface area contributed by atoms with Crippen LogP contribution in [0.1, 0.15) is 42.0 Å². The number of rotatable bonds is 4. The molecule has 0 unspecified atom stereocenters. The zero-order valence-electron chi connectivity index (χ0n) is 12.7. The summed E-state index contributed by atoms with van der Waals surface area (Å²) in [5.74, 6) is 1.33. The Kier molecular flexibility index (Phi) is 4.33. The van der Waals surface area contributed by atoms with E-state index >= 15 is 0 Å². The van der Waals surface area contributed by atoms with E-state index in [9.17, 15) is 0 Å². The highest BCUT2D eigenvalue weighted by Gasteiger charge is 2.11. The summed E-state index contributed by atoms with van der Waals surface area (Å²) in [6.45, 7) is 9.03. The number of ether oxygens (including phenoxy) is 1. The summed E-state index contributed by atoms with van der Waals surface area (Å²) in [7, 11) is 0. The summed E-state index contributed by atoms with van der Waals surface area (Å²) >= 11 is 0. The molecule has 0 aliphatic carbocycles. The summed E-state index contributed by atoms with van der Waals surface area (Å²) in [4.78, 5) is 0. The molecule has 0 aliphatic rings. The molecule has 0 spiro atoms. The fourth-order valence-electron chi connectivity index (χ4n) is 2.22. The number of anilines is 1. The van der Waals surface area contributed by atoms with Crippen molar-refractivity contribution >= 4 is 5.69 Å². The molecular formula is C18H23NO. The Labute approximate surface area is 121 Å². The first-order valence-electron chi connectivity index (χ1n) is 7.06. The maximum Gasteiger partial charge on any atom is 0.123 e. The number of benzene rings is 2. The average molecular weight is 269 g/mol. The second-order valence-corrected chi connectivity index (χ2v) is 5.62. The van der Waals surface area contributed by atoms with Crippen molar-refractivity contribution in [3.05, 3.63) is 58.7 Å². The van der Waals surface area contributed by atoms with Gasteiger partial charge in [-0.1, -0.05) is 38.1 Å². The fraction of sp³-hybridized carbons (Fsp3) is 0.333. The highest BCUT2D eigenvalue weighted by atomic mass is 16.5. The van der Waals surface area contributed by atoms with Crippen LogP contribution in [-0.4, -0.2) is 0 Å². The van der Waals surface area contributed by atoms with Crippen molar-refractivity contribution in [3.8, 4) is 5.75 Å². The summed E-state index contributed by atoms with van der Waals surface area (Å²) in [6, 6.07) is 12.4. The fourth-order valence-corrected chi connectivity index (χ4v) is 2.22. The van der Waals surface area contributed by atoms with E-state index in [4.69, 9.17) is 10.5 Å². The van der Waals surface area contributed by atoms with Crippen LogP contribution in [0.15, 0.2) is 36.4 Å². The highest BCUT2D eigenvalue weighted by Crippen LogP contribution is 2.31. The molecule has 106 valence electrons. The van der Waals surface area contributed by atoms with Gasteiger partial charge in [-0.2, -0.15) is 0 Å². The number of hydrogen-bond donors (Lipinski definition) is 1. The molecule has 0 saturated carbocycles. The minimum absolute atomic E-state index is 0.393. The SMILES string of the molecule is Cc1cc(OCc2ccccc2C)c(C(C)C)cc1N. The zero-order chi connectivity index (χ0) is 14.7. The topological polar surface area (TPSA) is 35.2 Å². The summed E-state index contributed by atoms with van der Waals surface area (Å²) in [5, 5.41) is 0. The lowest BCUT2D eigenvalue weighted by molar-refractivity contribution is 0.301. The molecule has 0 fully saturated rings. The van der Waals surface area contributed by atoms with Crippen LogP contribution in [0.5, 0.6) is 5.75 Å².